The SMILES string of the molecule is CS(=O)(=O)C1=NN2C(=N)/C(=C/c3ccc(-c4cccc([N+](=O)[O-])c4)o3)C(=O)N=C2S1. The smallest absolute Gasteiger partial charge is 0.283 e. The normalized spacial score (nSPS) is 17.8. The van der Waals surface area contributed by atoms with Gasteiger partial charge in [0.15, 0.2) is 5.84 Å². The number of aliphatic imine (C=N–C) groups is 1. The van der Waals surface area contributed by atoms with Crippen molar-refractivity contribution in [3.63, 3.8) is 0 Å². The standard InChI is InChI=1S/C17H11N5O6S2/c1-30(26,27)17-20-21-14(18)12(15(23)19-16(21)29-17)8-11-5-6-13(28-11)9-3-2-4-10(7-9)22(24)25/h2-8,18H,1H3/b12-8-,18-14?. The third-order valence-corrected chi connectivity index (χ3v) is 6.59. The Morgan fingerprint density at radius 2 is 2.07 bits per heavy atom. The fourth-order valence-corrected chi connectivity index (χ4v) is 4.31. The molecule has 0 atom stereocenters. The zero-order valence-corrected chi connectivity index (χ0v) is 16.7. The van der Waals surface area contributed by atoms with Crippen molar-refractivity contribution >= 4 is 54.6 Å². The van der Waals surface area contributed by atoms with E-state index in [2.05, 4.69) is 10.1 Å². The van der Waals surface area contributed by atoms with Gasteiger partial charge in [-0.3, -0.25) is 20.3 Å². The van der Waals surface area contributed by atoms with Crippen LogP contribution in [0, 0.1) is 15.5 Å². The van der Waals surface area contributed by atoms with Crippen molar-refractivity contribution in [3.05, 3.63) is 57.8 Å². The van der Waals surface area contributed by atoms with E-state index in [0.717, 1.165) is 11.3 Å². The zero-order valence-electron chi connectivity index (χ0n) is 15.1. The highest BCUT2D eigenvalue weighted by atomic mass is 32.3. The van der Waals surface area contributed by atoms with E-state index in [9.17, 15) is 23.3 Å². The molecule has 1 aromatic heterocycles. The van der Waals surface area contributed by atoms with Crippen LogP contribution in [0.2, 0.25) is 0 Å². The van der Waals surface area contributed by atoms with Gasteiger partial charge in [-0.2, -0.15) is 10.0 Å². The average molecular weight is 445 g/mol. The van der Waals surface area contributed by atoms with Crippen molar-refractivity contribution in [1.29, 1.82) is 5.41 Å². The maximum atomic E-state index is 12.4. The number of hydrogen-bond acceptors (Lipinski definition) is 9. The minimum atomic E-state index is -3.62. The monoisotopic (exact) mass is 445 g/mol. The average Bonchev–Trinajstić information content (AvgIpc) is 3.32. The second kappa shape index (κ2) is 7.03. The molecule has 2 aromatic rings. The van der Waals surface area contributed by atoms with Crippen molar-refractivity contribution in [1.82, 2.24) is 5.01 Å². The van der Waals surface area contributed by atoms with Gasteiger partial charge in [-0.05, 0) is 30.0 Å². The Morgan fingerprint density at radius 1 is 1.30 bits per heavy atom. The molecule has 13 heteroatoms. The molecule has 2 aliphatic heterocycles. The van der Waals surface area contributed by atoms with Crippen LogP contribution >= 0.6 is 11.8 Å². The van der Waals surface area contributed by atoms with Crippen molar-refractivity contribution in [2.24, 2.45) is 10.1 Å². The predicted octanol–water partition coefficient (Wildman–Crippen LogP) is 2.48. The highest BCUT2D eigenvalue weighted by Crippen LogP contribution is 2.31. The minimum Gasteiger partial charge on any atom is -0.457 e. The Morgan fingerprint density at radius 3 is 2.77 bits per heavy atom. The van der Waals surface area contributed by atoms with Crippen molar-refractivity contribution in [2.75, 3.05) is 6.26 Å². The first-order valence-corrected chi connectivity index (χ1v) is 10.9. The number of nitrogens with one attached hydrogen (secondary N) is 1. The molecule has 1 amide bonds. The molecule has 0 saturated heterocycles. The molecule has 0 radical (unpaired) electrons. The molecule has 0 aliphatic carbocycles. The lowest BCUT2D eigenvalue weighted by molar-refractivity contribution is -0.384. The van der Waals surface area contributed by atoms with Crippen LogP contribution in [-0.2, 0) is 14.6 Å². The van der Waals surface area contributed by atoms with Gasteiger partial charge in [0.25, 0.3) is 11.6 Å². The van der Waals surface area contributed by atoms with E-state index >= 15 is 0 Å². The van der Waals surface area contributed by atoms with Crippen molar-refractivity contribution in [3.8, 4) is 11.3 Å². The molecule has 0 fully saturated rings. The number of carbonyl (C=O) groups excluding carboxylic acids is 1. The summed E-state index contributed by atoms with van der Waals surface area (Å²) in [6.45, 7) is 0. The van der Waals surface area contributed by atoms with Gasteiger partial charge >= 0.3 is 0 Å². The number of amides is 1. The fraction of sp³-hybridized carbons (Fsp3) is 0.0588. The summed E-state index contributed by atoms with van der Waals surface area (Å²) in [6.07, 6.45) is 2.25. The summed E-state index contributed by atoms with van der Waals surface area (Å²) < 4.78 is 28.7. The van der Waals surface area contributed by atoms with Crippen LogP contribution < -0.4 is 0 Å². The minimum absolute atomic E-state index is 0.0145. The predicted molar refractivity (Wildman–Crippen MR) is 111 cm³/mol. The van der Waals surface area contributed by atoms with Gasteiger partial charge in [-0.25, -0.2) is 8.42 Å². The maximum absolute atomic E-state index is 12.4. The number of benzene rings is 1. The summed E-state index contributed by atoms with van der Waals surface area (Å²) in [4.78, 5) is 26.6. The Hall–Kier alpha value is -3.58. The largest absolute Gasteiger partial charge is 0.457 e. The van der Waals surface area contributed by atoms with Crippen LogP contribution in [0.25, 0.3) is 17.4 Å². The first-order chi connectivity index (χ1) is 14.1. The van der Waals surface area contributed by atoms with Crippen LogP contribution in [0.15, 0.2) is 56.5 Å². The van der Waals surface area contributed by atoms with Gasteiger partial charge in [-0.1, -0.05) is 12.1 Å². The first kappa shape index (κ1) is 19.7. The molecule has 30 heavy (non-hydrogen) atoms. The number of hydrogen-bond donors (Lipinski definition) is 1. The number of nitrogens with zero attached hydrogens (tertiary/aromatic N) is 4. The third-order valence-electron chi connectivity index (χ3n) is 4.01. The van der Waals surface area contributed by atoms with Crippen LogP contribution in [0.4, 0.5) is 5.69 Å². The van der Waals surface area contributed by atoms with E-state index in [0.29, 0.717) is 23.1 Å². The molecule has 0 unspecified atom stereocenters. The number of fused-ring (bicyclic) bond motifs is 1. The Bertz CT molecular complexity index is 1320. The number of thioether (sulfide) groups is 1. The number of nitro benzene ring substituents is 1. The molecule has 4 rings (SSSR count). The van der Waals surface area contributed by atoms with E-state index in [1.807, 2.05) is 0 Å². The van der Waals surface area contributed by atoms with Gasteiger partial charge < -0.3 is 4.42 Å². The van der Waals surface area contributed by atoms with Gasteiger partial charge in [0.05, 0.1) is 10.5 Å². The number of furan rings is 1. The number of sulfone groups is 1. The fourth-order valence-electron chi connectivity index (χ4n) is 2.62. The Kier molecular flexibility index (Phi) is 4.63. The lowest BCUT2D eigenvalue weighted by atomic mass is 10.1. The third kappa shape index (κ3) is 3.55. The van der Waals surface area contributed by atoms with E-state index in [1.165, 1.54) is 30.3 Å². The summed E-state index contributed by atoms with van der Waals surface area (Å²) in [7, 11) is -3.62. The zero-order chi connectivity index (χ0) is 21.6. The second-order valence-electron chi connectivity index (χ2n) is 6.17. The molecule has 0 spiro atoms. The summed E-state index contributed by atoms with van der Waals surface area (Å²) in [6, 6.07) is 8.96. The molecule has 11 nitrogen and oxygen atoms in total. The van der Waals surface area contributed by atoms with E-state index in [1.54, 1.807) is 12.1 Å². The van der Waals surface area contributed by atoms with E-state index < -0.39 is 20.7 Å². The second-order valence-corrected chi connectivity index (χ2v) is 9.31. The van der Waals surface area contributed by atoms with Gasteiger partial charge in [-0.15, -0.1) is 5.10 Å². The molecule has 152 valence electrons. The summed E-state index contributed by atoms with van der Waals surface area (Å²) >= 11 is 0.693. The molecule has 1 N–H and O–H groups in total. The van der Waals surface area contributed by atoms with Crippen molar-refractivity contribution < 1.29 is 22.6 Å². The number of nitro groups is 1. The number of hydrazone groups is 1. The topological polar surface area (TPSA) is 159 Å². The Balaban J connectivity index is 1.66. The molecule has 0 saturated carbocycles. The molecular weight excluding hydrogens is 434 g/mol. The van der Waals surface area contributed by atoms with Crippen LogP contribution in [0.5, 0.6) is 0 Å². The lowest BCUT2D eigenvalue weighted by Gasteiger charge is -2.19. The molecule has 0 bridgehead atoms. The number of amidine groups is 2. The molecule has 2 aliphatic rings. The van der Waals surface area contributed by atoms with E-state index in [-0.39, 0.29) is 32.4 Å². The van der Waals surface area contributed by atoms with Crippen LogP contribution in [0.1, 0.15) is 5.76 Å². The molecule has 1 aromatic carbocycles. The number of carbonyl (C=O) groups is 1. The van der Waals surface area contributed by atoms with Gasteiger partial charge in [0.2, 0.25) is 19.4 Å². The quantitative estimate of drug-likeness (QED) is 0.428. The molecular formula is C17H11N5O6S2. The summed E-state index contributed by atoms with van der Waals surface area (Å²) in [5.41, 5.74) is 0.233. The van der Waals surface area contributed by atoms with Gasteiger partial charge in [0, 0.05) is 24.0 Å². The Labute approximate surface area is 173 Å². The summed E-state index contributed by atoms with van der Waals surface area (Å²) in [5, 5.41) is 24.0. The number of non-ortho nitro benzene ring substituents is 1. The van der Waals surface area contributed by atoms with Crippen LogP contribution in [-0.4, -0.2) is 45.9 Å². The van der Waals surface area contributed by atoms with Crippen molar-refractivity contribution in [2.45, 2.75) is 0 Å². The highest BCUT2D eigenvalue weighted by molar-refractivity contribution is 8.42. The molecule has 3 heterocycles. The summed E-state index contributed by atoms with van der Waals surface area (Å²) in [5.74, 6) is -0.539. The lowest BCUT2D eigenvalue weighted by Crippen LogP contribution is -2.35. The number of rotatable bonds is 3. The highest BCUT2D eigenvalue weighted by Gasteiger charge is 2.38. The maximum Gasteiger partial charge on any atom is 0.283 e. The van der Waals surface area contributed by atoms with Crippen LogP contribution in [0.3, 0.4) is 0 Å². The first-order valence-electron chi connectivity index (χ1n) is 8.18. The van der Waals surface area contributed by atoms with Gasteiger partial charge in [0.1, 0.15) is 11.5 Å². The van der Waals surface area contributed by atoms with E-state index in [4.69, 9.17) is 9.83 Å².